The molecule has 9 atom stereocenters. The molecule has 398 valence electrons. The van der Waals surface area contributed by atoms with Gasteiger partial charge in [0.2, 0.25) is 0 Å². The molecule has 71 heavy (non-hydrogen) atoms. The molecule has 0 bridgehead atoms. The first-order valence-electron chi connectivity index (χ1n) is 26.3. The number of carboxylic acids is 1. The van der Waals surface area contributed by atoms with Crippen LogP contribution in [0, 0.1) is 34.5 Å². The number of ether oxygens (including phenoxy) is 2. The zero-order valence-corrected chi connectivity index (χ0v) is 45.3. The third-order valence-electron chi connectivity index (χ3n) is 15.7. The highest BCUT2D eigenvalue weighted by molar-refractivity contribution is 6.04. The van der Waals surface area contributed by atoms with E-state index >= 15 is 0 Å². The lowest BCUT2D eigenvalue weighted by molar-refractivity contribution is -0.219. The van der Waals surface area contributed by atoms with Crippen molar-refractivity contribution in [3.05, 3.63) is 82.0 Å². The van der Waals surface area contributed by atoms with Gasteiger partial charge in [0.25, 0.3) is 0 Å². The van der Waals surface area contributed by atoms with Crippen LogP contribution in [0.2, 0.25) is 0 Å². The molecule has 0 aromatic heterocycles. The monoisotopic (exact) mass is 991 g/mol. The quantitative estimate of drug-likeness (QED) is 0.0240. The van der Waals surface area contributed by atoms with Crippen LogP contribution in [-0.2, 0) is 33.4 Å². The Morgan fingerprint density at radius 2 is 1.42 bits per heavy atom. The molecule has 1 unspecified atom stereocenters. The summed E-state index contributed by atoms with van der Waals surface area (Å²) in [6.07, 6.45) is 29.9. The Morgan fingerprint density at radius 3 is 1.96 bits per heavy atom. The smallest absolute Gasteiger partial charge is 0.328 e. The number of aliphatic hydroxyl groups is 4. The third-order valence-corrected chi connectivity index (χ3v) is 15.7. The highest BCUT2D eigenvalue weighted by Crippen LogP contribution is 2.76. The van der Waals surface area contributed by atoms with Crippen molar-refractivity contribution >= 4 is 29.5 Å². The van der Waals surface area contributed by atoms with Crippen molar-refractivity contribution in [1.29, 1.82) is 0 Å². The summed E-state index contributed by atoms with van der Waals surface area (Å²) in [7, 11) is 0. The van der Waals surface area contributed by atoms with E-state index in [9.17, 15) is 44.4 Å². The molecule has 0 heterocycles. The van der Waals surface area contributed by atoms with Gasteiger partial charge in [0.15, 0.2) is 11.4 Å². The van der Waals surface area contributed by atoms with Crippen molar-refractivity contribution in [2.45, 2.75) is 209 Å². The number of fused-ring (bicyclic) bond motifs is 5. The van der Waals surface area contributed by atoms with E-state index in [1.165, 1.54) is 102 Å². The predicted molar refractivity (Wildman–Crippen MR) is 279 cm³/mol. The van der Waals surface area contributed by atoms with Gasteiger partial charge in [-0.1, -0.05) is 153 Å². The number of carbonyl (C=O) groups excluding carboxylic acids is 4. The summed E-state index contributed by atoms with van der Waals surface area (Å²) >= 11 is 0. The van der Waals surface area contributed by atoms with Crippen LogP contribution in [0.1, 0.15) is 186 Å². The molecular weight excluding hydrogens is 901 g/mol. The van der Waals surface area contributed by atoms with E-state index < -0.39 is 76.3 Å². The number of carbonyl (C=O) groups is 5. The minimum Gasteiger partial charge on any atom is -0.478 e. The highest BCUT2D eigenvalue weighted by Gasteiger charge is 2.88. The van der Waals surface area contributed by atoms with Crippen LogP contribution in [0.5, 0.6) is 0 Å². The number of rotatable bonds is 21. The van der Waals surface area contributed by atoms with Gasteiger partial charge >= 0.3 is 17.9 Å². The van der Waals surface area contributed by atoms with Crippen LogP contribution in [-0.4, -0.2) is 91.1 Å². The third kappa shape index (κ3) is 14.9. The van der Waals surface area contributed by atoms with E-state index in [2.05, 4.69) is 46.8 Å². The number of ketones is 2. The van der Waals surface area contributed by atoms with Crippen LogP contribution in [0.25, 0.3) is 0 Å². The summed E-state index contributed by atoms with van der Waals surface area (Å²) in [6.45, 7) is 21.6. The summed E-state index contributed by atoms with van der Waals surface area (Å²) < 4.78 is 11.7. The van der Waals surface area contributed by atoms with Gasteiger partial charge in [-0.15, -0.1) is 0 Å². The SMILES string of the molecule is CC(C)=O.CC1=C(/C=C/C(C)=C/C=C/C(C)=C/C(=O)O)C(C)(C)CCC1.CCCCCCCCCCCCCC(=O)OCC1(C)[C@H]2[C@@H]3C=C(CO)C[C@]4(O)C(=O)C(C)=C[C@H]4[C@@]3(O)[C@H](C)[C@@H](O)[C@]21OC(C)=O. The van der Waals surface area contributed by atoms with Crippen molar-refractivity contribution < 1.29 is 59.0 Å². The topological polar surface area (TPSA) is 205 Å². The fraction of sp³-hybridized carbons (Fsp3) is 0.678. The van der Waals surface area contributed by atoms with Gasteiger partial charge in [0.05, 0.1) is 17.6 Å². The Morgan fingerprint density at radius 1 is 0.845 bits per heavy atom. The van der Waals surface area contributed by atoms with E-state index in [0.717, 1.165) is 36.8 Å². The molecule has 5 N–H and O–H groups in total. The predicted octanol–water partition coefficient (Wildman–Crippen LogP) is 10.9. The van der Waals surface area contributed by atoms with Crippen LogP contribution >= 0.6 is 0 Å². The first kappa shape index (κ1) is 61.1. The Hall–Kier alpha value is -4.23. The van der Waals surface area contributed by atoms with Crippen LogP contribution in [0.4, 0.5) is 0 Å². The number of aliphatic hydroxyl groups excluding tert-OH is 2. The molecular formula is C59H90O12. The second-order valence-electron chi connectivity index (χ2n) is 22.3. The Kier molecular flexibility index (Phi) is 22.9. The summed E-state index contributed by atoms with van der Waals surface area (Å²) in [4.78, 5) is 58.5. The maximum absolute atomic E-state index is 13.2. The summed E-state index contributed by atoms with van der Waals surface area (Å²) in [6, 6.07) is 0. The number of unbranched alkanes of at least 4 members (excludes halogenated alkanes) is 10. The maximum atomic E-state index is 13.2. The van der Waals surface area contributed by atoms with Crippen molar-refractivity contribution in [2.75, 3.05) is 13.2 Å². The van der Waals surface area contributed by atoms with Gasteiger partial charge in [0, 0.05) is 49.5 Å². The lowest BCUT2D eigenvalue weighted by Gasteiger charge is -2.52. The van der Waals surface area contributed by atoms with Crippen molar-refractivity contribution in [1.82, 2.24) is 0 Å². The Bertz CT molecular complexity index is 2110. The average molecular weight is 991 g/mol. The van der Waals surface area contributed by atoms with E-state index in [-0.39, 0.29) is 36.6 Å². The first-order chi connectivity index (χ1) is 33.2. The Labute approximate surface area is 425 Å². The standard InChI is InChI=1S/C36H56O9.C20H28O2.C3H6O/c1-6-7-8-9-10-11-12-13-14-15-16-17-29(39)44-22-33(5)30-27-19-26(21-37)20-34(42)28(18-23(2)31(34)40)35(27,43)24(3)32(41)36(30,33)45-25(4)38;1-15(8-6-9-16(2)14-19(21)22)11-12-18-17(3)10-7-13-20(18,4)5;1-3(2)4/h18-19,24,27-28,30,32,37,41-43H,6-17,20-22H2,1-5H3;6,8-9,11-12,14H,7,10,13H2,1-5H3,(H,21,22);1-2H3/b;9-6+,12-11+,15-8+,16-14+;/t24-,27+,28-,30-,32-,33?,34-,35-,36-;;/m1../s1. The van der Waals surface area contributed by atoms with Crippen LogP contribution in [0.3, 0.4) is 0 Å². The molecule has 0 saturated heterocycles. The highest BCUT2D eigenvalue weighted by atomic mass is 16.6. The zero-order valence-electron chi connectivity index (χ0n) is 45.3. The largest absolute Gasteiger partial charge is 0.478 e. The summed E-state index contributed by atoms with van der Waals surface area (Å²) in [5, 5.41) is 54.9. The van der Waals surface area contributed by atoms with Gasteiger partial charge in [-0.2, -0.15) is 0 Å². The van der Waals surface area contributed by atoms with Gasteiger partial charge in [-0.3, -0.25) is 14.4 Å². The fourth-order valence-corrected chi connectivity index (χ4v) is 12.0. The minimum absolute atomic E-state index is 0.136. The number of hydrogen-bond acceptors (Lipinski definition) is 11. The molecule has 0 amide bonds. The molecule has 12 nitrogen and oxygen atoms in total. The first-order valence-corrected chi connectivity index (χ1v) is 26.3. The van der Waals surface area contributed by atoms with E-state index in [4.69, 9.17) is 14.6 Å². The summed E-state index contributed by atoms with van der Waals surface area (Å²) in [5.41, 5.74) is -0.543. The summed E-state index contributed by atoms with van der Waals surface area (Å²) in [5.74, 6) is -5.78. The van der Waals surface area contributed by atoms with Gasteiger partial charge < -0.3 is 39.8 Å². The zero-order chi connectivity index (χ0) is 53.5. The van der Waals surface area contributed by atoms with Gasteiger partial charge in [0.1, 0.15) is 24.1 Å². The second-order valence-corrected chi connectivity index (χ2v) is 22.3. The molecule has 5 aliphatic rings. The number of aliphatic carboxylic acids is 1. The number of carboxylic acid groups (broad SMARTS) is 1. The Balaban J connectivity index is 0.000000427. The molecule has 5 aliphatic carbocycles. The number of allylic oxidation sites excluding steroid dienone is 9. The fourth-order valence-electron chi connectivity index (χ4n) is 12.0. The lowest BCUT2D eigenvalue weighted by Crippen LogP contribution is -2.65. The molecule has 5 rings (SSSR count). The molecule has 12 heteroatoms. The molecule has 2 fully saturated rings. The normalized spacial score (nSPS) is 30.9. The molecule has 0 aliphatic heterocycles. The van der Waals surface area contributed by atoms with Crippen molar-refractivity contribution in [2.24, 2.45) is 34.5 Å². The van der Waals surface area contributed by atoms with Crippen LogP contribution in [0.15, 0.2) is 82.0 Å². The molecule has 0 spiro atoms. The van der Waals surface area contributed by atoms with Crippen molar-refractivity contribution in [3.8, 4) is 0 Å². The average Bonchev–Trinajstić information content (AvgIpc) is 3.75. The second kappa shape index (κ2) is 26.6. The minimum atomic E-state index is -1.98. The molecule has 2 saturated carbocycles. The van der Waals surface area contributed by atoms with Crippen LogP contribution < -0.4 is 0 Å². The van der Waals surface area contributed by atoms with E-state index in [1.807, 2.05) is 12.2 Å². The maximum Gasteiger partial charge on any atom is 0.328 e. The number of esters is 2. The van der Waals surface area contributed by atoms with Gasteiger partial charge in [-0.25, -0.2) is 4.79 Å². The van der Waals surface area contributed by atoms with Crippen molar-refractivity contribution in [3.63, 3.8) is 0 Å². The lowest BCUT2D eigenvalue weighted by atomic mass is 9.59. The number of hydrogen-bond donors (Lipinski definition) is 5. The van der Waals surface area contributed by atoms with Gasteiger partial charge in [-0.05, 0) is 94.9 Å². The van der Waals surface area contributed by atoms with E-state index in [0.29, 0.717) is 11.1 Å². The number of Topliss-reactive ketones (excluding diaryl/α,β-unsaturated/α-hetero) is 2. The molecule has 0 radical (unpaired) electrons. The van der Waals surface area contributed by atoms with E-state index in [1.54, 1.807) is 45.9 Å². The molecule has 0 aromatic carbocycles. The molecule has 0 aromatic rings.